The molecular formula is C20H27N5O2. The average molecular weight is 369 g/mol. The summed E-state index contributed by atoms with van der Waals surface area (Å²) in [6.45, 7) is 1.40. The van der Waals surface area contributed by atoms with E-state index in [4.69, 9.17) is 0 Å². The van der Waals surface area contributed by atoms with Crippen LogP contribution in [-0.4, -0.2) is 49.8 Å². The second-order valence-corrected chi connectivity index (χ2v) is 7.55. The van der Waals surface area contributed by atoms with Crippen molar-refractivity contribution in [2.75, 3.05) is 13.1 Å². The van der Waals surface area contributed by atoms with Gasteiger partial charge >= 0.3 is 0 Å². The zero-order chi connectivity index (χ0) is 18.8. The lowest BCUT2D eigenvalue weighted by Gasteiger charge is -2.33. The van der Waals surface area contributed by atoms with Gasteiger partial charge in [-0.3, -0.25) is 10.1 Å². The number of aromatic nitrogens is 3. The van der Waals surface area contributed by atoms with E-state index in [-0.39, 0.29) is 24.6 Å². The van der Waals surface area contributed by atoms with Gasteiger partial charge in [0.05, 0.1) is 6.04 Å². The van der Waals surface area contributed by atoms with E-state index in [1.54, 1.807) is 0 Å². The van der Waals surface area contributed by atoms with Gasteiger partial charge in [0.2, 0.25) is 5.91 Å². The van der Waals surface area contributed by atoms with Crippen molar-refractivity contribution in [1.29, 1.82) is 0 Å². The molecule has 0 unspecified atom stereocenters. The van der Waals surface area contributed by atoms with Gasteiger partial charge in [0.1, 0.15) is 12.4 Å². The minimum atomic E-state index is -0.100. The molecule has 4 rings (SSSR count). The normalized spacial score (nSPS) is 23.7. The Morgan fingerprint density at radius 3 is 2.56 bits per heavy atom. The Hall–Kier alpha value is -2.25. The van der Waals surface area contributed by atoms with Gasteiger partial charge < -0.3 is 14.6 Å². The molecule has 2 fully saturated rings. The number of nitrogens with zero attached hydrogens (tertiary/aromatic N) is 4. The highest BCUT2D eigenvalue weighted by molar-refractivity contribution is 5.82. The van der Waals surface area contributed by atoms with Crippen LogP contribution in [0.3, 0.4) is 0 Å². The SMILES string of the molecule is Cn1c(CO)nnc1C1CCN(C(=O)[C@H]2CC[C@H](c3ccccc3)N2)CC1. The van der Waals surface area contributed by atoms with Crippen molar-refractivity contribution in [2.45, 2.75) is 50.3 Å². The number of hydrogen-bond acceptors (Lipinski definition) is 5. The van der Waals surface area contributed by atoms with Crippen LogP contribution in [0, 0.1) is 0 Å². The lowest BCUT2D eigenvalue weighted by molar-refractivity contribution is -0.134. The predicted molar refractivity (Wildman–Crippen MR) is 101 cm³/mol. The van der Waals surface area contributed by atoms with Crippen LogP contribution in [0.5, 0.6) is 0 Å². The number of carbonyl (C=O) groups excluding carboxylic acids is 1. The Kier molecular flexibility index (Phi) is 5.22. The summed E-state index contributed by atoms with van der Waals surface area (Å²) in [5.74, 6) is 2.02. The van der Waals surface area contributed by atoms with E-state index < -0.39 is 0 Å². The number of benzene rings is 1. The summed E-state index contributed by atoms with van der Waals surface area (Å²) in [5, 5.41) is 21.1. The Morgan fingerprint density at radius 2 is 1.89 bits per heavy atom. The van der Waals surface area contributed by atoms with Crippen LogP contribution < -0.4 is 5.32 Å². The van der Waals surface area contributed by atoms with Gasteiger partial charge in [-0.2, -0.15) is 0 Å². The molecule has 1 amide bonds. The van der Waals surface area contributed by atoms with E-state index >= 15 is 0 Å². The van der Waals surface area contributed by atoms with Crippen molar-refractivity contribution < 1.29 is 9.90 Å². The summed E-state index contributed by atoms with van der Waals surface area (Å²) in [6.07, 6.45) is 3.66. The zero-order valence-corrected chi connectivity index (χ0v) is 15.7. The number of carbonyl (C=O) groups is 1. The van der Waals surface area contributed by atoms with Gasteiger partial charge in [0.25, 0.3) is 0 Å². The quantitative estimate of drug-likeness (QED) is 0.854. The summed E-state index contributed by atoms with van der Waals surface area (Å²) in [7, 11) is 1.89. The summed E-state index contributed by atoms with van der Waals surface area (Å²) < 4.78 is 1.88. The number of likely N-dealkylation sites (tertiary alicyclic amines) is 1. The highest BCUT2D eigenvalue weighted by Gasteiger charge is 2.35. The van der Waals surface area contributed by atoms with Crippen LogP contribution in [0.25, 0.3) is 0 Å². The highest BCUT2D eigenvalue weighted by Crippen LogP contribution is 2.30. The summed E-state index contributed by atoms with van der Waals surface area (Å²) >= 11 is 0. The molecule has 0 radical (unpaired) electrons. The van der Waals surface area contributed by atoms with Gasteiger partial charge in [-0.05, 0) is 31.2 Å². The molecule has 2 atom stereocenters. The predicted octanol–water partition coefficient (Wildman–Crippen LogP) is 1.51. The van der Waals surface area contributed by atoms with Crippen molar-refractivity contribution in [3.63, 3.8) is 0 Å². The number of aliphatic hydroxyl groups excluding tert-OH is 1. The third-order valence-corrected chi connectivity index (χ3v) is 5.96. The largest absolute Gasteiger partial charge is 0.388 e. The molecule has 2 aliphatic rings. The molecule has 2 aromatic rings. The number of hydrogen-bond donors (Lipinski definition) is 2. The summed E-state index contributed by atoms with van der Waals surface area (Å²) in [5.41, 5.74) is 1.26. The van der Waals surface area contributed by atoms with E-state index in [0.717, 1.165) is 44.6 Å². The van der Waals surface area contributed by atoms with E-state index in [0.29, 0.717) is 11.7 Å². The molecule has 0 spiro atoms. The fraction of sp³-hybridized carbons (Fsp3) is 0.550. The van der Waals surface area contributed by atoms with Gasteiger partial charge in [-0.15, -0.1) is 10.2 Å². The van der Waals surface area contributed by atoms with Crippen LogP contribution >= 0.6 is 0 Å². The second-order valence-electron chi connectivity index (χ2n) is 7.55. The molecule has 144 valence electrons. The molecule has 2 saturated heterocycles. The van der Waals surface area contributed by atoms with Crippen LogP contribution in [-0.2, 0) is 18.4 Å². The lowest BCUT2D eigenvalue weighted by atomic mass is 9.95. The molecule has 7 heteroatoms. The number of nitrogens with one attached hydrogen (secondary N) is 1. The number of amides is 1. The Balaban J connectivity index is 1.33. The molecule has 2 aliphatic heterocycles. The van der Waals surface area contributed by atoms with Crippen molar-refractivity contribution in [3.05, 3.63) is 47.5 Å². The molecule has 2 N–H and O–H groups in total. The van der Waals surface area contributed by atoms with E-state index in [2.05, 4.69) is 27.6 Å². The third-order valence-electron chi connectivity index (χ3n) is 5.96. The zero-order valence-electron chi connectivity index (χ0n) is 15.7. The summed E-state index contributed by atoms with van der Waals surface area (Å²) in [4.78, 5) is 14.9. The van der Waals surface area contributed by atoms with Gasteiger partial charge in [-0.1, -0.05) is 30.3 Å². The minimum absolute atomic E-state index is 0.0809. The fourth-order valence-corrected chi connectivity index (χ4v) is 4.33. The monoisotopic (exact) mass is 369 g/mol. The molecule has 7 nitrogen and oxygen atoms in total. The van der Waals surface area contributed by atoms with Crippen molar-refractivity contribution >= 4 is 5.91 Å². The molecule has 1 aromatic heterocycles. The maximum absolute atomic E-state index is 12.9. The van der Waals surface area contributed by atoms with Crippen LogP contribution in [0.4, 0.5) is 0 Å². The first-order valence-electron chi connectivity index (χ1n) is 9.76. The average Bonchev–Trinajstić information content (AvgIpc) is 3.35. The van der Waals surface area contributed by atoms with E-state index in [1.165, 1.54) is 5.56 Å². The smallest absolute Gasteiger partial charge is 0.239 e. The molecule has 1 aromatic carbocycles. The summed E-state index contributed by atoms with van der Waals surface area (Å²) in [6, 6.07) is 10.5. The van der Waals surface area contributed by atoms with Gasteiger partial charge in [0.15, 0.2) is 5.82 Å². The number of aliphatic hydroxyl groups is 1. The topological polar surface area (TPSA) is 83.3 Å². The maximum atomic E-state index is 12.9. The number of rotatable bonds is 4. The van der Waals surface area contributed by atoms with E-state index in [1.807, 2.05) is 34.7 Å². The fourth-order valence-electron chi connectivity index (χ4n) is 4.33. The first-order valence-corrected chi connectivity index (χ1v) is 9.76. The standard InChI is InChI=1S/C20H27N5O2/c1-24-18(13-26)22-23-19(24)15-9-11-25(12-10-15)20(27)17-8-7-16(21-17)14-5-3-2-4-6-14/h2-6,15-17,21,26H,7-13H2,1H3/t16-,17-/m1/s1. The van der Waals surface area contributed by atoms with Gasteiger partial charge in [-0.25, -0.2) is 0 Å². The van der Waals surface area contributed by atoms with Gasteiger partial charge in [0, 0.05) is 32.1 Å². The first-order chi connectivity index (χ1) is 13.2. The molecule has 3 heterocycles. The Bertz CT molecular complexity index is 783. The number of piperidine rings is 1. The Labute approximate surface area is 159 Å². The van der Waals surface area contributed by atoms with Crippen molar-refractivity contribution in [3.8, 4) is 0 Å². The molecular weight excluding hydrogens is 342 g/mol. The molecule has 0 saturated carbocycles. The highest BCUT2D eigenvalue weighted by atomic mass is 16.3. The van der Waals surface area contributed by atoms with Crippen LogP contribution in [0.15, 0.2) is 30.3 Å². The first kappa shape index (κ1) is 18.1. The minimum Gasteiger partial charge on any atom is -0.388 e. The molecule has 0 aliphatic carbocycles. The third kappa shape index (κ3) is 3.61. The maximum Gasteiger partial charge on any atom is 0.239 e. The molecule has 27 heavy (non-hydrogen) atoms. The van der Waals surface area contributed by atoms with E-state index in [9.17, 15) is 9.90 Å². The van der Waals surface area contributed by atoms with Crippen LogP contribution in [0.1, 0.15) is 54.9 Å². The van der Waals surface area contributed by atoms with Crippen LogP contribution in [0.2, 0.25) is 0 Å². The molecule has 0 bridgehead atoms. The van der Waals surface area contributed by atoms with Crippen molar-refractivity contribution in [2.24, 2.45) is 7.05 Å². The lowest BCUT2D eigenvalue weighted by Crippen LogP contribution is -2.47. The second kappa shape index (κ2) is 7.78. The Morgan fingerprint density at radius 1 is 1.15 bits per heavy atom. The van der Waals surface area contributed by atoms with Crippen molar-refractivity contribution in [1.82, 2.24) is 25.0 Å².